The van der Waals surface area contributed by atoms with E-state index < -0.39 is 0 Å². The molecule has 0 aromatic rings. The highest BCUT2D eigenvalue weighted by Crippen LogP contribution is 2.44. The third kappa shape index (κ3) is 2.56. The summed E-state index contributed by atoms with van der Waals surface area (Å²) in [5, 5.41) is 0. The minimum absolute atomic E-state index is 0.214. The van der Waals surface area contributed by atoms with Crippen molar-refractivity contribution in [2.45, 2.75) is 52.9 Å². The highest BCUT2D eigenvalue weighted by atomic mass is 16.2. The second-order valence-electron chi connectivity index (χ2n) is 6.19. The molecule has 1 unspecified atom stereocenters. The van der Waals surface area contributed by atoms with Crippen molar-refractivity contribution in [3.63, 3.8) is 0 Å². The molecular weight excluding hydrogens is 210 g/mol. The van der Waals surface area contributed by atoms with Crippen LogP contribution < -0.4 is 0 Å². The lowest BCUT2D eigenvalue weighted by Gasteiger charge is -2.33. The van der Waals surface area contributed by atoms with Gasteiger partial charge in [0.15, 0.2) is 0 Å². The van der Waals surface area contributed by atoms with E-state index in [9.17, 15) is 4.79 Å². The fourth-order valence-electron chi connectivity index (χ4n) is 3.02. The molecule has 0 bridgehead atoms. The zero-order chi connectivity index (χ0) is 12.5. The average Bonchev–Trinajstić information content (AvgIpc) is 2.57. The Morgan fingerprint density at radius 3 is 2.53 bits per heavy atom. The molecule has 1 aliphatic carbocycles. The summed E-state index contributed by atoms with van der Waals surface area (Å²) < 4.78 is 0. The van der Waals surface area contributed by atoms with E-state index in [4.69, 9.17) is 0 Å². The van der Waals surface area contributed by atoms with Gasteiger partial charge < -0.3 is 4.90 Å². The summed E-state index contributed by atoms with van der Waals surface area (Å²) in [5.41, 5.74) is 1.67. The summed E-state index contributed by atoms with van der Waals surface area (Å²) in [7, 11) is 0. The van der Waals surface area contributed by atoms with E-state index in [2.05, 4.69) is 31.7 Å². The Hall–Kier alpha value is -0.790. The largest absolute Gasteiger partial charge is 0.343 e. The molecule has 0 spiro atoms. The maximum Gasteiger partial charge on any atom is 0.222 e. The lowest BCUT2D eigenvalue weighted by atomic mass is 9.76. The molecule has 96 valence electrons. The van der Waals surface area contributed by atoms with Crippen molar-refractivity contribution in [2.24, 2.45) is 11.3 Å². The first-order valence-electron chi connectivity index (χ1n) is 6.97. The van der Waals surface area contributed by atoms with Gasteiger partial charge in [-0.05, 0) is 43.9 Å². The summed E-state index contributed by atoms with van der Waals surface area (Å²) in [6, 6.07) is 0. The van der Waals surface area contributed by atoms with E-state index in [-0.39, 0.29) is 5.41 Å². The summed E-state index contributed by atoms with van der Waals surface area (Å²) in [4.78, 5) is 14.3. The Morgan fingerprint density at radius 2 is 2.00 bits per heavy atom. The Kier molecular flexibility index (Phi) is 3.60. The number of carbonyl (C=O) groups excluding carboxylic acids is 1. The molecule has 2 heteroatoms. The molecule has 1 fully saturated rings. The normalized spacial score (nSPS) is 28.1. The summed E-state index contributed by atoms with van der Waals surface area (Å²) in [6.45, 7) is 8.72. The lowest BCUT2D eigenvalue weighted by Crippen LogP contribution is -2.38. The van der Waals surface area contributed by atoms with E-state index in [1.807, 2.05) is 0 Å². The predicted octanol–water partition coefficient (Wildman–Crippen LogP) is 3.38. The second kappa shape index (κ2) is 4.83. The number of piperidine rings is 1. The molecule has 0 aromatic carbocycles. The van der Waals surface area contributed by atoms with Crippen LogP contribution in [0.3, 0.4) is 0 Å². The van der Waals surface area contributed by atoms with Crippen molar-refractivity contribution in [3.05, 3.63) is 11.6 Å². The van der Waals surface area contributed by atoms with Crippen LogP contribution in [0.2, 0.25) is 0 Å². The monoisotopic (exact) mass is 235 g/mol. The van der Waals surface area contributed by atoms with Crippen molar-refractivity contribution in [1.29, 1.82) is 0 Å². The summed E-state index contributed by atoms with van der Waals surface area (Å²) >= 11 is 0. The highest BCUT2D eigenvalue weighted by molar-refractivity contribution is 5.76. The second-order valence-corrected chi connectivity index (χ2v) is 6.19. The fourth-order valence-corrected chi connectivity index (χ4v) is 3.02. The minimum atomic E-state index is 0.214. The number of carbonyl (C=O) groups is 1. The number of hydrogen-bond acceptors (Lipinski definition) is 1. The van der Waals surface area contributed by atoms with Gasteiger partial charge in [-0.25, -0.2) is 0 Å². The first-order chi connectivity index (χ1) is 8.01. The van der Waals surface area contributed by atoms with Gasteiger partial charge in [0.05, 0.1) is 0 Å². The van der Waals surface area contributed by atoms with Gasteiger partial charge in [-0.15, -0.1) is 0 Å². The molecule has 17 heavy (non-hydrogen) atoms. The lowest BCUT2D eigenvalue weighted by molar-refractivity contribution is -0.133. The molecule has 1 heterocycles. The van der Waals surface area contributed by atoms with Crippen molar-refractivity contribution >= 4 is 5.91 Å². The Labute approximate surface area is 105 Å². The van der Waals surface area contributed by atoms with Crippen LogP contribution in [0.5, 0.6) is 0 Å². The standard InChI is InChI=1S/C15H25NO/c1-12-7-8-13(15(12,2)3)11-14(17)16-9-5-4-6-10-16/h7,13H,4-6,8-11H2,1-3H3. The summed E-state index contributed by atoms with van der Waals surface area (Å²) in [5.74, 6) is 0.891. The van der Waals surface area contributed by atoms with Crippen LogP contribution in [-0.4, -0.2) is 23.9 Å². The van der Waals surface area contributed by atoms with Gasteiger partial charge in [0.2, 0.25) is 5.91 Å². The molecule has 1 aliphatic heterocycles. The maximum absolute atomic E-state index is 12.3. The van der Waals surface area contributed by atoms with Crippen molar-refractivity contribution in [1.82, 2.24) is 4.90 Å². The quantitative estimate of drug-likeness (QED) is 0.672. The maximum atomic E-state index is 12.3. The predicted molar refractivity (Wildman–Crippen MR) is 70.7 cm³/mol. The van der Waals surface area contributed by atoms with Crippen molar-refractivity contribution in [3.8, 4) is 0 Å². The van der Waals surface area contributed by atoms with Crippen LogP contribution >= 0.6 is 0 Å². The summed E-state index contributed by atoms with van der Waals surface area (Å²) in [6.07, 6.45) is 7.81. The van der Waals surface area contributed by atoms with E-state index in [1.54, 1.807) is 0 Å². The SMILES string of the molecule is CC1=CCC(CC(=O)N2CCCCC2)C1(C)C. The fraction of sp³-hybridized carbons (Fsp3) is 0.800. The van der Waals surface area contributed by atoms with Crippen LogP contribution in [-0.2, 0) is 4.79 Å². The molecule has 2 rings (SSSR count). The topological polar surface area (TPSA) is 20.3 Å². The van der Waals surface area contributed by atoms with E-state index in [0.29, 0.717) is 11.8 Å². The smallest absolute Gasteiger partial charge is 0.222 e. The zero-order valence-corrected chi connectivity index (χ0v) is 11.5. The van der Waals surface area contributed by atoms with Crippen LogP contribution in [0.1, 0.15) is 52.9 Å². The number of allylic oxidation sites excluding steroid dienone is 2. The minimum Gasteiger partial charge on any atom is -0.343 e. The Morgan fingerprint density at radius 1 is 1.35 bits per heavy atom. The highest BCUT2D eigenvalue weighted by Gasteiger charge is 2.36. The number of nitrogens with zero attached hydrogens (tertiary/aromatic N) is 1. The van der Waals surface area contributed by atoms with Crippen molar-refractivity contribution < 1.29 is 4.79 Å². The molecule has 1 atom stereocenters. The van der Waals surface area contributed by atoms with Gasteiger partial charge in [0, 0.05) is 19.5 Å². The number of hydrogen-bond donors (Lipinski definition) is 0. The molecule has 0 saturated carbocycles. The van der Waals surface area contributed by atoms with Gasteiger partial charge in [-0.3, -0.25) is 4.79 Å². The van der Waals surface area contributed by atoms with Gasteiger partial charge in [-0.2, -0.15) is 0 Å². The molecule has 0 aromatic heterocycles. The molecule has 2 nitrogen and oxygen atoms in total. The number of rotatable bonds is 2. The van der Waals surface area contributed by atoms with Gasteiger partial charge >= 0.3 is 0 Å². The molecule has 1 saturated heterocycles. The number of likely N-dealkylation sites (tertiary alicyclic amines) is 1. The molecule has 2 aliphatic rings. The van der Waals surface area contributed by atoms with E-state index >= 15 is 0 Å². The van der Waals surface area contributed by atoms with Crippen LogP contribution in [0.15, 0.2) is 11.6 Å². The van der Waals surface area contributed by atoms with Crippen LogP contribution in [0.4, 0.5) is 0 Å². The van der Waals surface area contributed by atoms with E-state index in [1.165, 1.54) is 24.8 Å². The van der Waals surface area contributed by atoms with Crippen LogP contribution in [0.25, 0.3) is 0 Å². The van der Waals surface area contributed by atoms with Crippen LogP contribution in [0, 0.1) is 11.3 Å². The third-order valence-corrected chi connectivity index (χ3v) is 4.88. The third-order valence-electron chi connectivity index (χ3n) is 4.88. The van der Waals surface area contributed by atoms with Gasteiger partial charge in [0.1, 0.15) is 0 Å². The Bertz CT molecular complexity index is 324. The van der Waals surface area contributed by atoms with Crippen molar-refractivity contribution in [2.75, 3.05) is 13.1 Å². The van der Waals surface area contributed by atoms with Gasteiger partial charge in [0.25, 0.3) is 0 Å². The molecular formula is C15H25NO. The van der Waals surface area contributed by atoms with Gasteiger partial charge in [-0.1, -0.05) is 25.5 Å². The number of amides is 1. The molecule has 0 N–H and O–H groups in total. The average molecular weight is 235 g/mol. The first-order valence-corrected chi connectivity index (χ1v) is 6.97. The first kappa shape index (κ1) is 12.7. The van der Waals surface area contributed by atoms with E-state index in [0.717, 1.165) is 25.9 Å². The molecule has 0 radical (unpaired) electrons. The molecule has 1 amide bonds. The Balaban J connectivity index is 1.91. The zero-order valence-electron chi connectivity index (χ0n) is 11.5.